The van der Waals surface area contributed by atoms with Gasteiger partial charge in [-0.05, 0) is 25.1 Å². The van der Waals surface area contributed by atoms with Crippen LogP contribution in [-0.2, 0) is 0 Å². The largest absolute Gasteiger partial charge is 0.477 e. The molecule has 1 aromatic carbocycles. The second kappa shape index (κ2) is 5.42. The summed E-state index contributed by atoms with van der Waals surface area (Å²) in [4.78, 5) is 19.0. The molecule has 0 amide bonds. The van der Waals surface area contributed by atoms with Crippen molar-refractivity contribution in [2.75, 3.05) is 5.32 Å². The minimum Gasteiger partial charge on any atom is -0.477 e. The minimum atomic E-state index is -1.12. The zero-order chi connectivity index (χ0) is 14.0. The quantitative estimate of drug-likeness (QED) is 0.906. The zero-order valence-electron chi connectivity index (χ0n) is 9.82. The van der Waals surface area contributed by atoms with Crippen LogP contribution in [0.15, 0.2) is 24.4 Å². The van der Waals surface area contributed by atoms with Crippen LogP contribution in [0.3, 0.4) is 0 Å². The molecule has 2 N–H and O–H groups in total. The van der Waals surface area contributed by atoms with E-state index in [0.29, 0.717) is 21.6 Å². The Labute approximate surface area is 119 Å². The fourth-order valence-electron chi connectivity index (χ4n) is 1.44. The number of hydrogen-bond acceptors (Lipinski definition) is 4. The topological polar surface area (TPSA) is 75.1 Å². The third-order valence-corrected chi connectivity index (χ3v) is 2.89. The number of hydrogen-bond donors (Lipinski definition) is 2. The molecule has 0 atom stereocenters. The van der Waals surface area contributed by atoms with Crippen molar-refractivity contribution in [3.8, 4) is 0 Å². The Morgan fingerprint density at radius 1 is 1.37 bits per heavy atom. The lowest BCUT2D eigenvalue weighted by Gasteiger charge is -2.10. The molecule has 0 saturated heterocycles. The number of aryl methyl sites for hydroxylation is 1. The Morgan fingerprint density at radius 2 is 2.11 bits per heavy atom. The summed E-state index contributed by atoms with van der Waals surface area (Å²) in [6.45, 7) is 1.66. The van der Waals surface area contributed by atoms with Gasteiger partial charge in [-0.25, -0.2) is 14.8 Å². The summed E-state index contributed by atoms with van der Waals surface area (Å²) in [5, 5.41) is 12.8. The standard InChI is InChI=1S/C12H9Cl2N3O2/c1-6-15-5-8(12(18)19)11(16-6)17-10-4-7(13)2-3-9(10)14/h2-5H,1H3,(H,18,19)(H,15,16,17). The second-order valence-corrected chi connectivity index (χ2v) is 4.58. The fraction of sp³-hybridized carbons (Fsp3) is 0.0833. The fourth-order valence-corrected chi connectivity index (χ4v) is 1.78. The third kappa shape index (κ3) is 3.13. The van der Waals surface area contributed by atoms with Crippen LogP contribution in [0, 0.1) is 6.92 Å². The molecule has 2 aromatic rings. The summed E-state index contributed by atoms with van der Waals surface area (Å²) in [5.74, 6) is -0.504. The van der Waals surface area contributed by atoms with Gasteiger partial charge in [0.05, 0.1) is 10.7 Å². The molecular weight excluding hydrogens is 289 g/mol. The smallest absolute Gasteiger partial charge is 0.341 e. The van der Waals surface area contributed by atoms with Gasteiger partial charge in [0.25, 0.3) is 0 Å². The summed E-state index contributed by atoms with van der Waals surface area (Å²) in [6.07, 6.45) is 1.24. The number of aromatic carboxylic acids is 1. The Morgan fingerprint density at radius 3 is 2.79 bits per heavy atom. The molecule has 0 radical (unpaired) electrons. The third-order valence-electron chi connectivity index (χ3n) is 2.32. The number of carboxylic acid groups (broad SMARTS) is 1. The van der Waals surface area contributed by atoms with E-state index < -0.39 is 5.97 Å². The molecule has 2 rings (SSSR count). The van der Waals surface area contributed by atoms with Crippen molar-refractivity contribution >= 4 is 40.7 Å². The van der Waals surface area contributed by atoms with Crippen molar-refractivity contribution in [3.63, 3.8) is 0 Å². The lowest BCUT2D eigenvalue weighted by atomic mass is 10.2. The number of halogens is 2. The van der Waals surface area contributed by atoms with Gasteiger partial charge in [-0.15, -0.1) is 0 Å². The molecule has 0 aliphatic rings. The molecule has 0 unspecified atom stereocenters. The van der Waals surface area contributed by atoms with Gasteiger partial charge in [0, 0.05) is 11.2 Å². The Hall–Kier alpha value is -1.85. The van der Waals surface area contributed by atoms with Crippen molar-refractivity contribution in [2.45, 2.75) is 6.92 Å². The van der Waals surface area contributed by atoms with E-state index in [0.717, 1.165) is 0 Å². The highest BCUT2D eigenvalue weighted by molar-refractivity contribution is 6.35. The molecule has 0 aliphatic carbocycles. The molecule has 0 fully saturated rings. The maximum Gasteiger partial charge on any atom is 0.341 e. The van der Waals surface area contributed by atoms with Gasteiger partial charge in [-0.1, -0.05) is 23.2 Å². The average Bonchev–Trinajstić information content (AvgIpc) is 2.33. The van der Waals surface area contributed by atoms with Crippen LogP contribution in [0.5, 0.6) is 0 Å². The van der Waals surface area contributed by atoms with E-state index in [1.165, 1.54) is 6.20 Å². The molecule has 5 nitrogen and oxygen atoms in total. The number of rotatable bonds is 3. The predicted octanol–water partition coefficient (Wildman–Crippen LogP) is 3.53. The van der Waals surface area contributed by atoms with Gasteiger partial charge in [0.15, 0.2) is 0 Å². The Bertz CT molecular complexity index is 647. The number of carboxylic acids is 1. The van der Waals surface area contributed by atoms with Gasteiger partial charge in [-0.2, -0.15) is 0 Å². The van der Waals surface area contributed by atoms with Crippen molar-refractivity contribution in [1.29, 1.82) is 0 Å². The monoisotopic (exact) mass is 297 g/mol. The SMILES string of the molecule is Cc1ncc(C(=O)O)c(Nc2cc(Cl)ccc2Cl)n1. The van der Waals surface area contributed by atoms with Crippen LogP contribution in [0.25, 0.3) is 0 Å². The van der Waals surface area contributed by atoms with E-state index >= 15 is 0 Å². The highest BCUT2D eigenvalue weighted by Crippen LogP contribution is 2.28. The number of benzene rings is 1. The van der Waals surface area contributed by atoms with Crippen LogP contribution >= 0.6 is 23.2 Å². The van der Waals surface area contributed by atoms with Crippen molar-refractivity contribution in [1.82, 2.24) is 9.97 Å². The first-order valence-corrected chi connectivity index (χ1v) is 6.02. The molecule has 0 spiro atoms. The molecule has 7 heteroatoms. The molecule has 19 heavy (non-hydrogen) atoms. The Kier molecular flexibility index (Phi) is 3.87. The van der Waals surface area contributed by atoms with Crippen LogP contribution in [0.2, 0.25) is 10.0 Å². The van der Waals surface area contributed by atoms with Crippen molar-refractivity contribution < 1.29 is 9.90 Å². The van der Waals surface area contributed by atoms with E-state index in [1.807, 2.05) is 0 Å². The lowest BCUT2D eigenvalue weighted by molar-refractivity contribution is 0.0697. The Balaban J connectivity index is 2.45. The number of nitrogens with one attached hydrogen (secondary N) is 1. The van der Waals surface area contributed by atoms with Crippen LogP contribution < -0.4 is 5.32 Å². The molecule has 98 valence electrons. The molecule has 0 aliphatic heterocycles. The normalized spacial score (nSPS) is 10.3. The number of anilines is 2. The van der Waals surface area contributed by atoms with E-state index in [4.69, 9.17) is 28.3 Å². The highest BCUT2D eigenvalue weighted by atomic mass is 35.5. The molecule has 0 saturated carbocycles. The molecule has 0 bridgehead atoms. The minimum absolute atomic E-state index is 0.0401. The number of carbonyl (C=O) groups is 1. The highest BCUT2D eigenvalue weighted by Gasteiger charge is 2.14. The van der Waals surface area contributed by atoms with Crippen LogP contribution in [0.1, 0.15) is 16.2 Å². The van der Waals surface area contributed by atoms with E-state index in [9.17, 15) is 4.79 Å². The summed E-state index contributed by atoms with van der Waals surface area (Å²) >= 11 is 11.9. The van der Waals surface area contributed by atoms with E-state index in [-0.39, 0.29) is 11.4 Å². The van der Waals surface area contributed by atoms with Crippen LogP contribution in [0.4, 0.5) is 11.5 Å². The lowest BCUT2D eigenvalue weighted by Crippen LogP contribution is -2.07. The number of nitrogens with zero attached hydrogens (tertiary/aromatic N) is 2. The van der Waals surface area contributed by atoms with Gasteiger partial charge >= 0.3 is 5.97 Å². The summed E-state index contributed by atoms with van der Waals surface area (Å²) in [6, 6.07) is 4.84. The van der Waals surface area contributed by atoms with Gasteiger partial charge in [-0.3, -0.25) is 0 Å². The maximum atomic E-state index is 11.1. The summed E-state index contributed by atoms with van der Waals surface area (Å²) in [7, 11) is 0. The molecular formula is C12H9Cl2N3O2. The second-order valence-electron chi connectivity index (χ2n) is 3.73. The molecule has 1 heterocycles. The van der Waals surface area contributed by atoms with Gasteiger partial charge in [0.2, 0.25) is 0 Å². The average molecular weight is 298 g/mol. The van der Waals surface area contributed by atoms with Crippen molar-refractivity contribution in [3.05, 3.63) is 45.8 Å². The zero-order valence-corrected chi connectivity index (χ0v) is 11.3. The summed E-state index contributed by atoms with van der Waals surface area (Å²) in [5.41, 5.74) is 0.441. The van der Waals surface area contributed by atoms with Gasteiger partial charge < -0.3 is 10.4 Å². The molecule has 1 aromatic heterocycles. The maximum absolute atomic E-state index is 11.1. The van der Waals surface area contributed by atoms with Gasteiger partial charge in [0.1, 0.15) is 17.2 Å². The van der Waals surface area contributed by atoms with E-state index in [2.05, 4.69) is 15.3 Å². The number of aromatic nitrogens is 2. The predicted molar refractivity (Wildman–Crippen MR) is 73.5 cm³/mol. The van der Waals surface area contributed by atoms with E-state index in [1.54, 1.807) is 25.1 Å². The van der Waals surface area contributed by atoms with Crippen molar-refractivity contribution in [2.24, 2.45) is 0 Å². The van der Waals surface area contributed by atoms with Crippen LogP contribution in [-0.4, -0.2) is 21.0 Å². The first-order valence-electron chi connectivity index (χ1n) is 5.26. The first-order chi connectivity index (χ1) is 8.97. The first kappa shape index (κ1) is 13.6. The summed E-state index contributed by atoms with van der Waals surface area (Å²) < 4.78 is 0.